The highest BCUT2D eigenvalue weighted by Gasteiger charge is 2.11. The van der Waals surface area contributed by atoms with Crippen LogP contribution < -0.4 is 5.73 Å². The van der Waals surface area contributed by atoms with Crippen molar-refractivity contribution in [3.8, 4) is 11.5 Å². The maximum atomic E-state index is 5.73. The third kappa shape index (κ3) is 2.63. The fourth-order valence-corrected chi connectivity index (χ4v) is 2.50. The van der Waals surface area contributed by atoms with E-state index < -0.39 is 0 Å². The lowest BCUT2D eigenvalue weighted by Crippen LogP contribution is -1.90. The summed E-state index contributed by atoms with van der Waals surface area (Å²) in [5, 5.41) is 6.96. The summed E-state index contributed by atoms with van der Waals surface area (Å²) in [5.41, 5.74) is 8.25. The first kappa shape index (κ1) is 11.9. The van der Waals surface area contributed by atoms with Gasteiger partial charge in [-0.3, -0.25) is 0 Å². The van der Waals surface area contributed by atoms with Crippen molar-refractivity contribution in [3.63, 3.8) is 0 Å². The number of rotatable bonds is 3. The number of nitrogens with zero attached hydrogens (tertiary/aromatic N) is 3. The van der Waals surface area contributed by atoms with E-state index in [-0.39, 0.29) is 0 Å². The summed E-state index contributed by atoms with van der Waals surface area (Å²) in [6.07, 6.45) is 0.588. The maximum absolute atomic E-state index is 5.73. The Hall–Kier alpha value is -2.21. The van der Waals surface area contributed by atoms with Gasteiger partial charge in [0.25, 0.3) is 5.89 Å². The van der Waals surface area contributed by atoms with Crippen molar-refractivity contribution in [2.45, 2.75) is 13.3 Å². The molecule has 0 amide bonds. The molecular formula is C13H12N4OS. The largest absolute Gasteiger partial charge is 0.399 e. The fraction of sp³-hybridized carbons (Fsp3) is 0.154. The lowest BCUT2D eigenvalue weighted by atomic mass is 10.2. The van der Waals surface area contributed by atoms with Crippen molar-refractivity contribution < 1.29 is 4.52 Å². The van der Waals surface area contributed by atoms with Gasteiger partial charge < -0.3 is 10.3 Å². The minimum absolute atomic E-state index is 0.482. The molecule has 2 N–H and O–H groups in total. The van der Waals surface area contributed by atoms with Crippen LogP contribution in [0.1, 0.15) is 16.5 Å². The van der Waals surface area contributed by atoms with Crippen molar-refractivity contribution in [1.29, 1.82) is 0 Å². The van der Waals surface area contributed by atoms with Crippen LogP contribution in [0.5, 0.6) is 0 Å². The van der Waals surface area contributed by atoms with E-state index in [2.05, 4.69) is 15.1 Å². The van der Waals surface area contributed by atoms with E-state index in [1.807, 2.05) is 36.6 Å². The van der Waals surface area contributed by atoms with Crippen LogP contribution in [0.2, 0.25) is 0 Å². The first-order valence-corrected chi connectivity index (χ1v) is 6.68. The molecule has 19 heavy (non-hydrogen) atoms. The van der Waals surface area contributed by atoms with Crippen LogP contribution in [0.25, 0.3) is 11.5 Å². The molecule has 0 aliphatic rings. The third-order valence-electron chi connectivity index (χ3n) is 2.58. The molecule has 0 spiro atoms. The monoisotopic (exact) mass is 272 g/mol. The Morgan fingerprint density at radius 2 is 2.21 bits per heavy atom. The van der Waals surface area contributed by atoms with Gasteiger partial charge in [-0.2, -0.15) is 4.98 Å². The molecule has 96 valence electrons. The van der Waals surface area contributed by atoms with Crippen molar-refractivity contribution in [2.75, 3.05) is 5.73 Å². The number of anilines is 1. The first-order valence-electron chi connectivity index (χ1n) is 5.80. The number of aryl methyl sites for hydroxylation is 1. The third-order valence-corrected chi connectivity index (χ3v) is 3.54. The van der Waals surface area contributed by atoms with Crippen LogP contribution in [0, 0.1) is 6.92 Å². The average Bonchev–Trinajstić information content (AvgIpc) is 2.99. The molecule has 0 radical (unpaired) electrons. The molecule has 0 atom stereocenters. The van der Waals surface area contributed by atoms with Gasteiger partial charge in [0, 0.05) is 22.3 Å². The van der Waals surface area contributed by atoms with Gasteiger partial charge >= 0.3 is 0 Å². The van der Waals surface area contributed by atoms with Crippen molar-refractivity contribution in [1.82, 2.24) is 15.1 Å². The molecule has 0 saturated carbocycles. The Morgan fingerprint density at radius 3 is 2.95 bits per heavy atom. The van der Waals surface area contributed by atoms with Crippen LogP contribution in [0.3, 0.4) is 0 Å². The quantitative estimate of drug-likeness (QED) is 0.742. The van der Waals surface area contributed by atoms with Gasteiger partial charge in [-0.25, -0.2) is 4.98 Å². The van der Waals surface area contributed by atoms with E-state index >= 15 is 0 Å². The lowest BCUT2D eigenvalue weighted by molar-refractivity contribution is 0.424. The smallest absolute Gasteiger partial charge is 0.258 e. The average molecular weight is 272 g/mol. The number of hydrogen-bond acceptors (Lipinski definition) is 6. The van der Waals surface area contributed by atoms with E-state index in [4.69, 9.17) is 10.3 Å². The number of aromatic nitrogens is 3. The Labute approximate surface area is 114 Å². The van der Waals surface area contributed by atoms with Gasteiger partial charge in [0.1, 0.15) is 5.01 Å². The normalized spacial score (nSPS) is 10.8. The number of hydrogen-bond donors (Lipinski definition) is 1. The van der Waals surface area contributed by atoms with Crippen molar-refractivity contribution >= 4 is 17.0 Å². The lowest BCUT2D eigenvalue weighted by Gasteiger charge is -1.95. The minimum atomic E-state index is 0.482. The molecule has 1 aromatic carbocycles. The van der Waals surface area contributed by atoms with Gasteiger partial charge in [0.2, 0.25) is 0 Å². The molecule has 0 unspecified atom stereocenters. The second kappa shape index (κ2) is 4.81. The highest BCUT2D eigenvalue weighted by atomic mass is 32.1. The zero-order chi connectivity index (χ0) is 13.2. The molecule has 2 aromatic heterocycles. The van der Waals surface area contributed by atoms with E-state index in [1.165, 1.54) is 0 Å². The Morgan fingerprint density at radius 1 is 1.32 bits per heavy atom. The summed E-state index contributed by atoms with van der Waals surface area (Å²) in [6.45, 7) is 1.97. The minimum Gasteiger partial charge on any atom is -0.399 e. The van der Waals surface area contributed by atoms with Crippen molar-refractivity contribution in [3.05, 3.63) is 46.2 Å². The molecular weight excluding hydrogens is 260 g/mol. The summed E-state index contributed by atoms with van der Waals surface area (Å²) in [6, 6.07) is 7.38. The summed E-state index contributed by atoms with van der Waals surface area (Å²) in [5.74, 6) is 1.11. The zero-order valence-electron chi connectivity index (χ0n) is 10.3. The zero-order valence-corrected chi connectivity index (χ0v) is 11.1. The fourth-order valence-electron chi connectivity index (χ4n) is 1.73. The van der Waals surface area contributed by atoms with Crippen LogP contribution >= 0.6 is 11.3 Å². The number of thiazole rings is 1. The highest BCUT2D eigenvalue weighted by Crippen LogP contribution is 2.20. The predicted molar refractivity (Wildman–Crippen MR) is 73.8 cm³/mol. The van der Waals surface area contributed by atoms with Gasteiger partial charge in [-0.1, -0.05) is 11.2 Å². The van der Waals surface area contributed by atoms with Gasteiger partial charge in [0.15, 0.2) is 5.82 Å². The molecule has 3 rings (SSSR count). The number of nitrogen functional groups attached to an aromatic ring is 1. The second-order valence-corrected chi connectivity index (χ2v) is 5.14. The standard InChI is InChI=1S/C13H12N4OS/c1-8-7-19-12(15-8)6-11-16-13(18-17-11)9-3-2-4-10(14)5-9/h2-5,7H,6,14H2,1H3. The molecule has 0 bridgehead atoms. The SMILES string of the molecule is Cc1csc(Cc2noc(-c3cccc(N)c3)n2)n1. The van der Waals surface area contributed by atoms with E-state index in [0.717, 1.165) is 16.3 Å². The van der Waals surface area contributed by atoms with E-state index in [0.29, 0.717) is 23.8 Å². The van der Waals surface area contributed by atoms with Crippen molar-refractivity contribution in [2.24, 2.45) is 0 Å². The molecule has 0 saturated heterocycles. The van der Waals surface area contributed by atoms with Crippen LogP contribution in [-0.2, 0) is 6.42 Å². The van der Waals surface area contributed by atoms with Crippen LogP contribution in [0.15, 0.2) is 34.2 Å². The molecule has 3 aromatic rings. The topological polar surface area (TPSA) is 77.8 Å². The maximum Gasteiger partial charge on any atom is 0.258 e. The molecule has 6 heteroatoms. The molecule has 5 nitrogen and oxygen atoms in total. The number of nitrogens with two attached hydrogens (primary N) is 1. The highest BCUT2D eigenvalue weighted by molar-refractivity contribution is 7.09. The second-order valence-electron chi connectivity index (χ2n) is 4.20. The van der Waals surface area contributed by atoms with Crippen LogP contribution in [0.4, 0.5) is 5.69 Å². The van der Waals surface area contributed by atoms with E-state index in [9.17, 15) is 0 Å². The number of benzene rings is 1. The summed E-state index contributed by atoms with van der Waals surface area (Å²) in [7, 11) is 0. The van der Waals surface area contributed by atoms with Gasteiger partial charge in [-0.05, 0) is 25.1 Å². The first-order chi connectivity index (χ1) is 9.20. The van der Waals surface area contributed by atoms with Gasteiger partial charge in [-0.15, -0.1) is 11.3 Å². The van der Waals surface area contributed by atoms with Gasteiger partial charge in [0.05, 0.1) is 6.42 Å². The summed E-state index contributed by atoms with van der Waals surface area (Å²) >= 11 is 1.60. The molecule has 0 aliphatic carbocycles. The Bertz CT molecular complexity index is 704. The molecule has 0 aliphatic heterocycles. The predicted octanol–water partition coefficient (Wildman–Crippen LogP) is 2.67. The Kier molecular flexibility index (Phi) is 3.00. The summed E-state index contributed by atoms with van der Waals surface area (Å²) < 4.78 is 5.24. The molecule has 2 heterocycles. The van der Waals surface area contributed by atoms with E-state index in [1.54, 1.807) is 11.3 Å². The summed E-state index contributed by atoms with van der Waals surface area (Å²) in [4.78, 5) is 8.74. The van der Waals surface area contributed by atoms with Crippen LogP contribution in [-0.4, -0.2) is 15.1 Å². The Balaban J connectivity index is 1.83. The molecule has 0 fully saturated rings.